The van der Waals surface area contributed by atoms with Crippen LogP contribution in [0.2, 0.25) is 0 Å². The first-order valence-corrected chi connectivity index (χ1v) is 3.81. The maximum atomic E-state index is 10.9. The van der Waals surface area contributed by atoms with E-state index in [4.69, 9.17) is 5.73 Å². The van der Waals surface area contributed by atoms with Crippen LogP contribution in [0.1, 0.15) is 5.82 Å². The molecule has 1 aromatic rings. The Kier molecular flexibility index (Phi) is 2.97. The highest BCUT2D eigenvalue weighted by Gasteiger charge is 2.16. The number of methoxy groups -OCH3 is 1. The van der Waals surface area contributed by atoms with Gasteiger partial charge in [0.2, 0.25) is 0 Å². The van der Waals surface area contributed by atoms with Gasteiger partial charge in [-0.25, -0.2) is 4.98 Å². The van der Waals surface area contributed by atoms with Crippen molar-refractivity contribution < 1.29 is 9.53 Å². The summed E-state index contributed by atoms with van der Waals surface area (Å²) >= 11 is 0. The minimum absolute atomic E-state index is 0.336. The van der Waals surface area contributed by atoms with Gasteiger partial charge in [0.05, 0.1) is 7.11 Å². The molecule has 0 radical (unpaired) electrons. The lowest BCUT2D eigenvalue weighted by molar-refractivity contribution is -0.142. The molecule has 0 bridgehead atoms. The fraction of sp³-hybridized carbons (Fsp3) is 0.571. The first-order valence-electron chi connectivity index (χ1n) is 3.81. The van der Waals surface area contributed by atoms with E-state index in [-0.39, 0.29) is 0 Å². The summed E-state index contributed by atoms with van der Waals surface area (Å²) in [6.45, 7) is 0. The molecule has 1 rings (SSSR count). The van der Waals surface area contributed by atoms with Crippen LogP contribution in [0.15, 0.2) is 6.33 Å². The third kappa shape index (κ3) is 2.25. The third-order valence-electron chi connectivity index (χ3n) is 1.71. The summed E-state index contributed by atoms with van der Waals surface area (Å²) in [7, 11) is 3.05. The number of aromatic nitrogens is 3. The van der Waals surface area contributed by atoms with E-state index in [1.165, 1.54) is 13.4 Å². The van der Waals surface area contributed by atoms with E-state index in [1.807, 2.05) is 0 Å². The first kappa shape index (κ1) is 9.66. The summed E-state index contributed by atoms with van der Waals surface area (Å²) in [6.07, 6.45) is 1.75. The zero-order valence-electron chi connectivity index (χ0n) is 7.60. The van der Waals surface area contributed by atoms with Gasteiger partial charge in [0, 0.05) is 13.5 Å². The van der Waals surface area contributed by atoms with E-state index >= 15 is 0 Å². The molecule has 0 aromatic carbocycles. The van der Waals surface area contributed by atoms with Crippen molar-refractivity contribution in [1.29, 1.82) is 0 Å². The number of rotatable bonds is 3. The van der Waals surface area contributed by atoms with Crippen molar-refractivity contribution in [2.45, 2.75) is 12.5 Å². The van der Waals surface area contributed by atoms with Crippen LogP contribution in [0, 0.1) is 0 Å². The number of carbonyl (C=O) groups is 1. The smallest absolute Gasteiger partial charge is 0.323 e. The van der Waals surface area contributed by atoms with Crippen molar-refractivity contribution in [2.75, 3.05) is 7.11 Å². The van der Waals surface area contributed by atoms with E-state index in [2.05, 4.69) is 14.8 Å². The van der Waals surface area contributed by atoms with Crippen LogP contribution in [0.3, 0.4) is 0 Å². The van der Waals surface area contributed by atoms with Gasteiger partial charge in [0.15, 0.2) is 0 Å². The maximum Gasteiger partial charge on any atom is 0.323 e. The van der Waals surface area contributed by atoms with Gasteiger partial charge < -0.3 is 10.5 Å². The predicted molar refractivity (Wildman–Crippen MR) is 44.7 cm³/mol. The van der Waals surface area contributed by atoms with E-state index in [0.29, 0.717) is 12.2 Å². The molecule has 1 heterocycles. The Morgan fingerprint density at radius 3 is 3.00 bits per heavy atom. The Bertz CT molecular complexity index is 296. The Hall–Kier alpha value is -1.43. The number of nitrogens with two attached hydrogens (primary N) is 1. The zero-order chi connectivity index (χ0) is 9.84. The normalized spacial score (nSPS) is 12.5. The van der Waals surface area contributed by atoms with Crippen molar-refractivity contribution in [3.05, 3.63) is 12.2 Å². The summed E-state index contributed by atoms with van der Waals surface area (Å²) in [6, 6.07) is -0.673. The molecule has 0 amide bonds. The molecule has 0 aliphatic rings. The molecular weight excluding hydrogens is 172 g/mol. The number of hydrogen-bond acceptors (Lipinski definition) is 5. The van der Waals surface area contributed by atoms with Gasteiger partial charge in [-0.1, -0.05) is 0 Å². The molecule has 1 aromatic heterocycles. The number of carbonyl (C=O) groups excluding carboxylic acids is 1. The molecular formula is C7H12N4O2. The van der Waals surface area contributed by atoms with Crippen molar-refractivity contribution in [3.8, 4) is 0 Å². The van der Waals surface area contributed by atoms with E-state index < -0.39 is 12.0 Å². The van der Waals surface area contributed by atoms with Gasteiger partial charge in [-0.15, -0.1) is 0 Å². The highest BCUT2D eigenvalue weighted by atomic mass is 16.5. The predicted octanol–water partition coefficient (Wildman–Crippen LogP) is -1.14. The highest BCUT2D eigenvalue weighted by Crippen LogP contribution is 1.96. The SMILES string of the molecule is COC(=O)C(N)Cc1ncnn1C. The lowest BCUT2D eigenvalue weighted by Gasteiger charge is -2.07. The number of hydrogen-bond donors (Lipinski definition) is 1. The van der Waals surface area contributed by atoms with Crippen molar-refractivity contribution in [2.24, 2.45) is 12.8 Å². The van der Waals surface area contributed by atoms with Gasteiger partial charge in [-0.05, 0) is 0 Å². The Balaban J connectivity index is 2.59. The van der Waals surface area contributed by atoms with Gasteiger partial charge in [-0.3, -0.25) is 9.48 Å². The van der Waals surface area contributed by atoms with Crippen molar-refractivity contribution >= 4 is 5.97 Å². The zero-order valence-corrected chi connectivity index (χ0v) is 7.60. The van der Waals surface area contributed by atoms with Crippen molar-refractivity contribution in [3.63, 3.8) is 0 Å². The van der Waals surface area contributed by atoms with Gasteiger partial charge in [0.25, 0.3) is 0 Å². The largest absolute Gasteiger partial charge is 0.468 e. The molecule has 0 aliphatic heterocycles. The standard InChI is InChI=1S/C7H12N4O2/c1-11-6(9-4-10-11)3-5(8)7(12)13-2/h4-5H,3,8H2,1-2H3. The Morgan fingerprint density at radius 1 is 1.85 bits per heavy atom. The van der Waals surface area contributed by atoms with Gasteiger partial charge in [0.1, 0.15) is 18.2 Å². The van der Waals surface area contributed by atoms with Crippen LogP contribution in [0.4, 0.5) is 0 Å². The molecule has 1 unspecified atom stereocenters. The second-order valence-electron chi connectivity index (χ2n) is 2.63. The van der Waals surface area contributed by atoms with E-state index in [9.17, 15) is 4.79 Å². The molecule has 6 nitrogen and oxygen atoms in total. The van der Waals surface area contributed by atoms with Crippen LogP contribution in [-0.4, -0.2) is 33.9 Å². The number of ether oxygens (including phenoxy) is 1. The van der Waals surface area contributed by atoms with Gasteiger partial charge >= 0.3 is 5.97 Å². The topological polar surface area (TPSA) is 83.0 Å². The minimum atomic E-state index is -0.673. The second-order valence-corrected chi connectivity index (χ2v) is 2.63. The molecule has 2 N–H and O–H groups in total. The fourth-order valence-electron chi connectivity index (χ4n) is 0.936. The summed E-state index contributed by atoms with van der Waals surface area (Å²) in [4.78, 5) is 14.9. The number of nitrogens with zero attached hydrogens (tertiary/aromatic N) is 3. The fourth-order valence-corrected chi connectivity index (χ4v) is 0.936. The quantitative estimate of drug-likeness (QED) is 0.600. The van der Waals surface area contributed by atoms with Crippen LogP contribution in [-0.2, 0) is 23.0 Å². The monoisotopic (exact) mass is 184 g/mol. The van der Waals surface area contributed by atoms with Gasteiger partial charge in [-0.2, -0.15) is 5.10 Å². The molecule has 13 heavy (non-hydrogen) atoms. The van der Waals surface area contributed by atoms with Crippen LogP contribution in [0.5, 0.6) is 0 Å². The molecule has 1 atom stereocenters. The van der Waals surface area contributed by atoms with E-state index in [1.54, 1.807) is 11.7 Å². The van der Waals surface area contributed by atoms with E-state index in [0.717, 1.165) is 0 Å². The third-order valence-corrected chi connectivity index (χ3v) is 1.71. The molecule has 72 valence electrons. The van der Waals surface area contributed by atoms with Crippen molar-refractivity contribution in [1.82, 2.24) is 14.8 Å². The van der Waals surface area contributed by atoms with Crippen LogP contribution >= 0.6 is 0 Å². The molecule has 0 spiro atoms. The molecule has 6 heteroatoms. The number of esters is 1. The maximum absolute atomic E-state index is 10.9. The summed E-state index contributed by atoms with van der Waals surface area (Å²) in [5.41, 5.74) is 5.53. The Labute approximate surface area is 75.7 Å². The van der Waals surface area contributed by atoms with Crippen LogP contribution < -0.4 is 5.73 Å². The lowest BCUT2D eigenvalue weighted by atomic mass is 10.2. The average molecular weight is 184 g/mol. The number of aryl methyl sites for hydroxylation is 1. The molecule has 0 saturated heterocycles. The summed E-state index contributed by atoms with van der Waals surface area (Å²) < 4.78 is 6.05. The highest BCUT2D eigenvalue weighted by molar-refractivity contribution is 5.75. The lowest BCUT2D eigenvalue weighted by Crippen LogP contribution is -2.34. The molecule has 0 fully saturated rings. The summed E-state index contributed by atoms with van der Waals surface area (Å²) in [5, 5.41) is 3.85. The second kappa shape index (κ2) is 3.99. The van der Waals surface area contributed by atoms with Crippen LogP contribution in [0.25, 0.3) is 0 Å². The molecule has 0 saturated carbocycles. The average Bonchev–Trinajstić information content (AvgIpc) is 2.50. The minimum Gasteiger partial charge on any atom is -0.468 e. The molecule has 0 aliphatic carbocycles. The Morgan fingerprint density at radius 2 is 2.54 bits per heavy atom. The first-order chi connectivity index (χ1) is 6.15. The summed E-state index contributed by atoms with van der Waals surface area (Å²) in [5.74, 6) is 0.223.